The van der Waals surface area contributed by atoms with Crippen LogP contribution in [0.1, 0.15) is 12.8 Å². The van der Waals surface area contributed by atoms with Crippen molar-refractivity contribution in [2.75, 3.05) is 25.1 Å². The van der Waals surface area contributed by atoms with Crippen LogP contribution in [0.3, 0.4) is 0 Å². The molecule has 1 aliphatic rings. The lowest BCUT2D eigenvalue weighted by atomic mass is 10.0. The molecule has 0 radical (unpaired) electrons. The zero-order valence-corrected chi connectivity index (χ0v) is 11.5. The summed E-state index contributed by atoms with van der Waals surface area (Å²) in [6.45, 7) is 2.66. The van der Waals surface area contributed by atoms with E-state index in [-0.39, 0.29) is 0 Å². The van der Waals surface area contributed by atoms with Gasteiger partial charge >= 0.3 is 0 Å². The van der Waals surface area contributed by atoms with E-state index in [9.17, 15) is 0 Å². The van der Waals surface area contributed by atoms with Crippen molar-refractivity contribution in [3.05, 3.63) is 35.5 Å². The maximum atomic E-state index is 6.15. The molecule has 3 nitrogen and oxygen atoms in total. The lowest BCUT2D eigenvalue weighted by molar-refractivity contribution is 0.0595. The average molecular weight is 277 g/mol. The lowest BCUT2D eigenvalue weighted by Gasteiger charge is -2.23. The van der Waals surface area contributed by atoms with Crippen LogP contribution in [0.4, 0.5) is 5.69 Å². The number of anilines is 1. The molecule has 19 heavy (non-hydrogen) atoms. The van der Waals surface area contributed by atoms with Crippen LogP contribution < -0.4 is 5.32 Å². The Morgan fingerprint density at radius 1 is 1.42 bits per heavy atom. The molecule has 2 aromatic rings. The zero-order chi connectivity index (χ0) is 13.1. The number of benzene rings is 1. The van der Waals surface area contributed by atoms with Gasteiger partial charge in [0.1, 0.15) is 0 Å². The Morgan fingerprint density at radius 2 is 2.37 bits per heavy atom. The third kappa shape index (κ3) is 2.99. The molecule has 0 saturated carbocycles. The van der Waals surface area contributed by atoms with Gasteiger partial charge in [0, 0.05) is 29.8 Å². The first-order valence-electron chi connectivity index (χ1n) is 6.69. The van der Waals surface area contributed by atoms with Gasteiger partial charge in [-0.1, -0.05) is 17.7 Å². The summed E-state index contributed by atoms with van der Waals surface area (Å²) in [6.07, 6.45) is 4.19. The summed E-state index contributed by atoms with van der Waals surface area (Å²) in [6, 6.07) is 7.85. The fourth-order valence-corrected chi connectivity index (χ4v) is 2.74. The summed E-state index contributed by atoms with van der Waals surface area (Å²) in [7, 11) is 0. The largest absolute Gasteiger partial charge is 0.383 e. The van der Waals surface area contributed by atoms with Crippen LogP contribution in [0.5, 0.6) is 0 Å². The van der Waals surface area contributed by atoms with Crippen molar-refractivity contribution in [3.63, 3.8) is 0 Å². The van der Waals surface area contributed by atoms with Crippen molar-refractivity contribution in [2.24, 2.45) is 5.92 Å². The van der Waals surface area contributed by atoms with Crippen molar-refractivity contribution in [2.45, 2.75) is 12.8 Å². The van der Waals surface area contributed by atoms with Gasteiger partial charge in [0.15, 0.2) is 0 Å². The molecule has 1 aliphatic heterocycles. The lowest BCUT2D eigenvalue weighted by Crippen LogP contribution is -2.24. The average Bonchev–Trinajstić information content (AvgIpc) is 2.45. The molecule has 1 fully saturated rings. The maximum absolute atomic E-state index is 6.15. The van der Waals surface area contributed by atoms with Gasteiger partial charge in [0.2, 0.25) is 0 Å². The molecule has 0 bridgehead atoms. The van der Waals surface area contributed by atoms with Crippen molar-refractivity contribution < 1.29 is 4.74 Å². The second-order valence-electron chi connectivity index (χ2n) is 4.99. The fraction of sp³-hybridized carbons (Fsp3) is 0.400. The Bertz CT molecular complexity index is 567. The minimum absolute atomic E-state index is 0.575. The van der Waals surface area contributed by atoms with E-state index in [1.807, 2.05) is 30.5 Å². The highest BCUT2D eigenvalue weighted by Gasteiger charge is 2.14. The van der Waals surface area contributed by atoms with Crippen LogP contribution in [-0.4, -0.2) is 24.7 Å². The van der Waals surface area contributed by atoms with Gasteiger partial charge < -0.3 is 10.1 Å². The number of ether oxygens (including phenoxy) is 1. The number of halogens is 1. The molecular formula is C15H17ClN2O. The van der Waals surface area contributed by atoms with Crippen molar-refractivity contribution in [1.82, 2.24) is 4.98 Å². The molecule has 2 heterocycles. The molecule has 1 atom stereocenters. The Labute approximate surface area is 117 Å². The Morgan fingerprint density at radius 3 is 3.21 bits per heavy atom. The van der Waals surface area contributed by atoms with Gasteiger partial charge in [0.25, 0.3) is 0 Å². The van der Waals surface area contributed by atoms with E-state index in [0.29, 0.717) is 5.92 Å². The summed E-state index contributed by atoms with van der Waals surface area (Å²) in [5.41, 5.74) is 1.98. The van der Waals surface area contributed by atoms with Crippen molar-refractivity contribution >= 4 is 28.2 Å². The summed E-state index contributed by atoms with van der Waals surface area (Å²) in [5, 5.41) is 5.28. The molecule has 0 spiro atoms. The zero-order valence-electron chi connectivity index (χ0n) is 10.7. The van der Waals surface area contributed by atoms with Gasteiger partial charge in [-0.25, -0.2) is 0 Å². The van der Waals surface area contributed by atoms with Gasteiger partial charge in [-0.15, -0.1) is 0 Å². The molecule has 1 saturated heterocycles. The van der Waals surface area contributed by atoms with Crippen LogP contribution in [-0.2, 0) is 4.74 Å². The number of nitrogens with zero attached hydrogens (tertiary/aromatic N) is 1. The topological polar surface area (TPSA) is 34.1 Å². The van der Waals surface area contributed by atoms with E-state index in [2.05, 4.69) is 10.3 Å². The normalized spacial score (nSPS) is 19.5. The minimum Gasteiger partial charge on any atom is -0.383 e. The number of hydrogen-bond acceptors (Lipinski definition) is 3. The summed E-state index contributed by atoms with van der Waals surface area (Å²) in [5.74, 6) is 0.575. The minimum atomic E-state index is 0.575. The Kier molecular flexibility index (Phi) is 3.85. The van der Waals surface area contributed by atoms with E-state index in [4.69, 9.17) is 16.3 Å². The summed E-state index contributed by atoms with van der Waals surface area (Å²) in [4.78, 5) is 4.43. The van der Waals surface area contributed by atoms with Crippen LogP contribution in [0.2, 0.25) is 5.02 Å². The van der Waals surface area contributed by atoms with Gasteiger partial charge in [-0.2, -0.15) is 0 Å². The number of fused-ring (bicyclic) bond motifs is 1. The molecule has 1 aromatic carbocycles. The fourth-order valence-electron chi connectivity index (χ4n) is 2.51. The molecule has 0 amide bonds. The smallest absolute Gasteiger partial charge is 0.0934 e. The first-order valence-corrected chi connectivity index (χ1v) is 7.06. The third-order valence-electron chi connectivity index (χ3n) is 3.51. The number of pyridine rings is 1. The first-order chi connectivity index (χ1) is 9.33. The van der Waals surface area contributed by atoms with Gasteiger partial charge in [-0.3, -0.25) is 4.98 Å². The third-order valence-corrected chi connectivity index (χ3v) is 3.72. The van der Waals surface area contributed by atoms with Crippen LogP contribution in [0.15, 0.2) is 30.5 Å². The summed E-state index contributed by atoms with van der Waals surface area (Å²) >= 11 is 6.15. The number of rotatable bonds is 3. The van der Waals surface area contributed by atoms with Gasteiger partial charge in [0.05, 0.1) is 17.8 Å². The quantitative estimate of drug-likeness (QED) is 0.928. The highest BCUT2D eigenvalue weighted by atomic mass is 35.5. The van der Waals surface area contributed by atoms with Crippen LogP contribution in [0.25, 0.3) is 10.9 Å². The molecule has 4 heteroatoms. The van der Waals surface area contributed by atoms with Crippen molar-refractivity contribution in [1.29, 1.82) is 0 Å². The second-order valence-corrected chi connectivity index (χ2v) is 5.43. The maximum Gasteiger partial charge on any atom is 0.0934 e. The number of aromatic nitrogens is 1. The second kappa shape index (κ2) is 5.76. The Hall–Kier alpha value is -1.32. The molecule has 1 aromatic heterocycles. The predicted octanol–water partition coefficient (Wildman–Crippen LogP) is 3.73. The Balaban J connectivity index is 1.79. The number of hydrogen-bond donors (Lipinski definition) is 1. The molecular weight excluding hydrogens is 260 g/mol. The molecule has 1 N–H and O–H groups in total. The SMILES string of the molecule is Clc1cc(NCC2CCCOC2)c2ncccc2c1. The highest BCUT2D eigenvalue weighted by molar-refractivity contribution is 6.31. The first kappa shape index (κ1) is 12.7. The highest BCUT2D eigenvalue weighted by Crippen LogP contribution is 2.27. The molecule has 0 aliphatic carbocycles. The van der Waals surface area contributed by atoms with E-state index in [1.54, 1.807) is 0 Å². The van der Waals surface area contributed by atoms with E-state index in [1.165, 1.54) is 6.42 Å². The summed E-state index contributed by atoms with van der Waals surface area (Å²) < 4.78 is 5.50. The van der Waals surface area contributed by atoms with Gasteiger partial charge in [-0.05, 0) is 37.0 Å². The monoisotopic (exact) mass is 276 g/mol. The standard InChI is InChI=1S/C15H17ClN2O/c16-13-7-12-4-1-5-17-15(12)14(8-13)18-9-11-3-2-6-19-10-11/h1,4-5,7-8,11,18H,2-3,6,9-10H2. The molecule has 1 unspecified atom stereocenters. The van der Waals surface area contributed by atoms with E-state index >= 15 is 0 Å². The van der Waals surface area contributed by atoms with Crippen LogP contribution in [0, 0.1) is 5.92 Å². The van der Waals surface area contributed by atoms with E-state index < -0.39 is 0 Å². The number of nitrogens with one attached hydrogen (secondary N) is 1. The molecule has 100 valence electrons. The molecule has 3 rings (SSSR count). The predicted molar refractivity (Wildman–Crippen MR) is 78.8 cm³/mol. The van der Waals surface area contributed by atoms with Crippen molar-refractivity contribution in [3.8, 4) is 0 Å². The van der Waals surface area contributed by atoms with E-state index in [0.717, 1.165) is 47.8 Å². The van der Waals surface area contributed by atoms with Crippen LogP contribution >= 0.6 is 11.6 Å².